The van der Waals surface area contributed by atoms with Gasteiger partial charge in [-0.1, -0.05) is 5.16 Å². The van der Waals surface area contributed by atoms with E-state index in [9.17, 15) is 9.59 Å². The van der Waals surface area contributed by atoms with Crippen LogP contribution in [-0.4, -0.2) is 23.9 Å². The number of rotatable bonds is 3. The minimum absolute atomic E-state index is 0.0257. The molecule has 0 aromatic rings. The van der Waals surface area contributed by atoms with E-state index in [1.807, 2.05) is 6.92 Å². The summed E-state index contributed by atoms with van der Waals surface area (Å²) in [5, 5.41) is 3.83. The lowest BCUT2D eigenvalue weighted by molar-refractivity contribution is -0.131. The molecule has 0 saturated heterocycles. The Morgan fingerprint density at radius 1 is 1.57 bits per heavy atom. The first-order valence-electron chi connectivity index (χ1n) is 4.86. The minimum Gasteiger partial charge on any atom is -0.396 e. The third-order valence-electron chi connectivity index (χ3n) is 2.31. The fourth-order valence-electron chi connectivity index (χ4n) is 1.54. The summed E-state index contributed by atoms with van der Waals surface area (Å²) in [6.07, 6.45) is 1.12. The first-order chi connectivity index (χ1) is 6.65. The molecule has 0 aromatic carbocycles. The second-order valence-corrected chi connectivity index (χ2v) is 3.42. The molecule has 1 fully saturated rings. The zero-order chi connectivity index (χ0) is 10.6. The number of carbonyl (C=O) groups excluding carboxylic acids is 2. The van der Waals surface area contributed by atoms with E-state index in [1.165, 1.54) is 0 Å². The molecule has 0 aliphatic heterocycles. The molecule has 0 radical (unpaired) electrons. The van der Waals surface area contributed by atoms with Gasteiger partial charge in [0.15, 0.2) is 0 Å². The molecule has 0 spiro atoms. The zero-order valence-electron chi connectivity index (χ0n) is 8.58. The lowest BCUT2D eigenvalue weighted by Gasteiger charge is -2.18. The molecule has 4 heteroatoms. The number of hydrogen-bond acceptors (Lipinski definition) is 4. The third-order valence-corrected chi connectivity index (χ3v) is 2.31. The van der Waals surface area contributed by atoms with Crippen molar-refractivity contribution in [2.24, 2.45) is 11.1 Å². The van der Waals surface area contributed by atoms with Crippen LogP contribution in [0.2, 0.25) is 0 Å². The lowest BCUT2D eigenvalue weighted by atomic mass is 9.84. The van der Waals surface area contributed by atoms with Crippen molar-refractivity contribution < 1.29 is 14.4 Å². The molecule has 78 valence electrons. The molecular formula is C10H15NO3. The summed E-state index contributed by atoms with van der Waals surface area (Å²) in [7, 11) is 0. The van der Waals surface area contributed by atoms with Gasteiger partial charge in [-0.3, -0.25) is 9.59 Å². The Balaban J connectivity index is 2.59. The van der Waals surface area contributed by atoms with Gasteiger partial charge in [-0.2, -0.15) is 0 Å². The molecule has 1 aliphatic carbocycles. The molecule has 0 N–H and O–H groups in total. The SMILES string of the molecule is CCO/N=C(/C)C1CCC(=O)CC1=O. The van der Waals surface area contributed by atoms with E-state index in [0.717, 1.165) is 0 Å². The van der Waals surface area contributed by atoms with Gasteiger partial charge in [0, 0.05) is 6.42 Å². The van der Waals surface area contributed by atoms with Gasteiger partial charge in [0.05, 0.1) is 18.1 Å². The van der Waals surface area contributed by atoms with Gasteiger partial charge in [0.1, 0.15) is 18.2 Å². The quantitative estimate of drug-likeness (QED) is 0.389. The molecule has 0 aromatic heterocycles. The van der Waals surface area contributed by atoms with E-state index in [4.69, 9.17) is 4.84 Å². The summed E-state index contributed by atoms with van der Waals surface area (Å²) in [4.78, 5) is 27.3. The molecule has 4 nitrogen and oxygen atoms in total. The van der Waals surface area contributed by atoms with E-state index in [2.05, 4.69) is 5.16 Å². The van der Waals surface area contributed by atoms with E-state index in [0.29, 0.717) is 25.2 Å². The Hall–Kier alpha value is -1.19. The smallest absolute Gasteiger partial charge is 0.149 e. The maximum absolute atomic E-state index is 11.5. The van der Waals surface area contributed by atoms with Gasteiger partial charge in [-0.25, -0.2) is 0 Å². The van der Waals surface area contributed by atoms with Crippen LogP contribution in [0.3, 0.4) is 0 Å². The van der Waals surface area contributed by atoms with Gasteiger partial charge < -0.3 is 4.84 Å². The van der Waals surface area contributed by atoms with Crippen LogP contribution >= 0.6 is 0 Å². The molecule has 14 heavy (non-hydrogen) atoms. The van der Waals surface area contributed by atoms with Crippen molar-refractivity contribution in [3.8, 4) is 0 Å². The highest BCUT2D eigenvalue weighted by Gasteiger charge is 2.29. The van der Waals surface area contributed by atoms with Gasteiger partial charge >= 0.3 is 0 Å². The van der Waals surface area contributed by atoms with Gasteiger partial charge in [0.2, 0.25) is 0 Å². The summed E-state index contributed by atoms with van der Waals surface area (Å²) in [5.74, 6) is -0.197. The van der Waals surface area contributed by atoms with Crippen molar-refractivity contribution in [3.05, 3.63) is 0 Å². The van der Waals surface area contributed by atoms with Crippen LogP contribution in [0.15, 0.2) is 5.16 Å². The molecule has 1 unspecified atom stereocenters. The van der Waals surface area contributed by atoms with Crippen LogP contribution in [0.25, 0.3) is 0 Å². The predicted octanol–water partition coefficient (Wildman–Crippen LogP) is 1.34. The first-order valence-corrected chi connectivity index (χ1v) is 4.86. The monoisotopic (exact) mass is 197 g/mol. The second kappa shape index (κ2) is 4.88. The summed E-state index contributed by atoms with van der Waals surface area (Å²) in [6, 6.07) is 0. The second-order valence-electron chi connectivity index (χ2n) is 3.42. The van der Waals surface area contributed by atoms with Crippen LogP contribution in [0, 0.1) is 5.92 Å². The fraction of sp³-hybridized carbons (Fsp3) is 0.700. The predicted molar refractivity (Wildman–Crippen MR) is 52.1 cm³/mol. The minimum atomic E-state index is -0.209. The normalized spacial score (nSPS) is 23.9. The van der Waals surface area contributed by atoms with Crippen LogP contribution in [-0.2, 0) is 14.4 Å². The maximum Gasteiger partial charge on any atom is 0.149 e. The van der Waals surface area contributed by atoms with Crippen LogP contribution in [0.5, 0.6) is 0 Å². The number of ketones is 2. The van der Waals surface area contributed by atoms with Crippen molar-refractivity contribution in [1.82, 2.24) is 0 Å². The number of carbonyl (C=O) groups is 2. The summed E-state index contributed by atoms with van der Waals surface area (Å²) < 4.78 is 0. The number of Topliss-reactive ketones (excluding diaryl/α,β-unsaturated/α-hetero) is 2. The molecule has 0 bridgehead atoms. The Labute approximate surface area is 83.3 Å². The number of hydrogen-bond donors (Lipinski definition) is 0. The van der Waals surface area contributed by atoms with Crippen molar-refractivity contribution >= 4 is 17.3 Å². The largest absolute Gasteiger partial charge is 0.396 e. The maximum atomic E-state index is 11.5. The van der Waals surface area contributed by atoms with Crippen molar-refractivity contribution in [3.63, 3.8) is 0 Å². The molecule has 1 aliphatic rings. The highest BCUT2D eigenvalue weighted by molar-refractivity contribution is 6.12. The molecule has 1 atom stereocenters. The molecule has 1 saturated carbocycles. The van der Waals surface area contributed by atoms with E-state index < -0.39 is 0 Å². The summed E-state index contributed by atoms with van der Waals surface area (Å²) in [5.41, 5.74) is 0.685. The standard InChI is InChI=1S/C10H15NO3/c1-3-14-11-7(2)9-5-4-8(12)6-10(9)13/h9H,3-6H2,1-2H3/b11-7-. The average molecular weight is 197 g/mol. The summed E-state index contributed by atoms with van der Waals surface area (Å²) >= 11 is 0. The highest BCUT2D eigenvalue weighted by atomic mass is 16.6. The molecule has 0 amide bonds. The van der Waals surface area contributed by atoms with E-state index in [1.54, 1.807) is 6.92 Å². The third kappa shape index (κ3) is 2.65. The Morgan fingerprint density at radius 2 is 2.29 bits per heavy atom. The van der Waals surface area contributed by atoms with E-state index >= 15 is 0 Å². The van der Waals surface area contributed by atoms with Gasteiger partial charge in [-0.15, -0.1) is 0 Å². The first kappa shape index (κ1) is 10.9. The average Bonchev–Trinajstić information content (AvgIpc) is 2.14. The fourth-order valence-corrected chi connectivity index (χ4v) is 1.54. The highest BCUT2D eigenvalue weighted by Crippen LogP contribution is 2.19. The van der Waals surface area contributed by atoms with E-state index in [-0.39, 0.29) is 23.9 Å². The van der Waals surface area contributed by atoms with Gasteiger partial charge in [-0.05, 0) is 20.3 Å². The summed E-state index contributed by atoms with van der Waals surface area (Å²) in [6.45, 7) is 4.11. The van der Waals surface area contributed by atoms with Crippen molar-refractivity contribution in [1.29, 1.82) is 0 Å². The number of nitrogens with zero attached hydrogens (tertiary/aromatic N) is 1. The Kier molecular flexibility index (Phi) is 3.80. The van der Waals surface area contributed by atoms with Crippen LogP contribution in [0.4, 0.5) is 0 Å². The molecule has 0 heterocycles. The van der Waals surface area contributed by atoms with Gasteiger partial charge in [0.25, 0.3) is 0 Å². The van der Waals surface area contributed by atoms with Crippen molar-refractivity contribution in [2.75, 3.05) is 6.61 Å². The zero-order valence-corrected chi connectivity index (χ0v) is 8.58. The number of oxime groups is 1. The lowest BCUT2D eigenvalue weighted by Crippen LogP contribution is -2.29. The molecular weight excluding hydrogens is 182 g/mol. The Morgan fingerprint density at radius 3 is 2.86 bits per heavy atom. The van der Waals surface area contributed by atoms with Crippen LogP contribution in [0.1, 0.15) is 33.1 Å². The van der Waals surface area contributed by atoms with Crippen LogP contribution < -0.4 is 0 Å². The Bertz CT molecular complexity index is 271. The topological polar surface area (TPSA) is 55.7 Å². The molecule has 1 rings (SSSR count). The van der Waals surface area contributed by atoms with Crippen molar-refractivity contribution in [2.45, 2.75) is 33.1 Å².